The quantitative estimate of drug-likeness (QED) is 0.593. The Labute approximate surface area is 96.5 Å². The number of anilines is 1. The van der Waals surface area contributed by atoms with Crippen LogP contribution < -0.4 is 5.32 Å². The van der Waals surface area contributed by atoms with E-state index in [0.717, 1.165) is 0 Å². The lowest BCUT2D eigenvalue weighted by Crippen LogP contribution is -2.16. The van der Waals surface area contributed by atoms with E-state index in [4.69, 9.17) is 0 Å². The Kier molecular flexibility index (Phi) is 3.80. The second kappa shape index (κ2) is 4.90. The SMILES string of the molecule is CC(=O)Nc1ccnc(C#C[Si](C)(C)C)n1. The molecule has 0 aromatic carbocycles. The minimum Gasteiger partial charge on any atom is -0.311 e. The molecule has 1 aromatic rings. The molecule has 0 radical (unpaired) electrons. The number of amides is 1. The van der Waals surface area contributed by atoms with Crippen molar-refractivity contribution < 1.29 is 4.79 Å². The van der Waals surface area contributed by atoms with E-state index in [2.05, 4.69) is 46.4 Å². The molecule has 1 aromatic heterocycles. The minimum absolute atomic E-state index is 0.150. The van der Waals surface area contributed by atoms with E-state index in [1.165, 1.54) is 6.92 Å². The molecule has 0 aliphatic carbocycles. The molecule has 0 atom stereocenters. The maximum atomic E-state index is 10.8. The molecule has 5 heteroatoms. The van der Waals surface area contributed by atoms with Crippen molar-refractivity contribution in [1.82, 2.24) is 9.97 Å². The van der Waals surface area contributed by atoms with Gasteiger partial charge >= 0.3 is 0 Å². The smallest absolute Gasteiger partial charge is 0.222 e. The number of hydrogen-bond donors (Lipinski definition) is 1. The summed E-state index contributed by atoms with van der Waals surface area (Å²) in [5.41, 5.74) is 3.17. The summed E-state index contributed by atoms with van der Waals surface area (Å²) in [5, 5.41) is 2.60. The molecule has 0 saturated heterocycles. The van der Waals surface area contributed by atoms with Gasteiger partial charge in [-0.05, 0) is 12.0 Å². The molecule has 0 fully saturated rings. The van der Waals surface area contributed by atoms with Gasteiger partial charge in [-0.3, -0.25) is 4.79 Å². The molecule has 0 bridgehead atoms. The van der Waals surface area contributed by atoms with Crippen LogP contribution in [0.4, 0.5) is 5.82 Å². The van der Waals surface area contributed by atoms with Crippen molar-refractivity contribution in [3.63, 3.8) is 0 Å². The number of hydrogen-bond acceptors (Lipinski definition) is 3. The lowest BCUT2D eigenvalue weighted by Gasteiger charge is -2.03. The van der Waals surface area contributed by atoms with Gasteiger partial charge in [0.15, 0.2) is 0 Å². The molecular weight excluding hydrogens is 218 g/mol. The first-order valence-electron chi connectivity index (χ1n) is 5.01. The van der Waals surface area contributed by atoms with Gasteiger partial charge in [-0.15, -0.1) is 5.54 Å². The Hall–Kier alpha value is -1.67. The van der Waals surface area contributed by atoms with Crippen LogP contribution in [-0.2, 0) is 4.79 Å². The number of nitrogens with one attached hydrogen (secondary N) is 1. The first kappa shape index (κ1) is 12.4. The van der Waals surface area contributed by atoms with Crippen LogP contribution in [0.2, 0.25) is 19.6 Å². The average Bonchev–Trinajstić information content (AvgIpc) is 2.13. The van der Waals surface area contributed by atoms with E-state index in [9.17, 15) is 4.79 Å². The van der Waals surface area contributed by atoms with Crippen molar-refractivity contribution >= 4 is 19.8 Å². The maximum absolute atomic E-state index is 10.8. The van der Waals surface area contributed by atoms with Crippen molar-refractivity contribution in [2.75, 3.05) is 5.32 Å². The van der Waals surface area contributed by atoms with Crippen LogP contribution in [0.15, 0.2) is 12.3 Å². The van der Waals surface area contributed by atoms with E-state index in [1.54, 1.807) is 12.3 Å². The molecule has 84 valence electrons. The zero-order valence-electron chi connectivity index (χ0n) is 9.96. The summed E-state index contributed by atoms with van der Waals surface area (Å²) in [6, 6.07) is 1.64. The number of carbonyl (C=O) groups is 1. The summed E-state index contributed by atoms with van der Waals surface area (Å²) >= 11 is 0. The Bertz CT molecular complexity index is 454. The third kappa shape index (κ3) is 4.71. The highest BCUT2D eigenvalue weighted by molar-refractivity contribution is 6.83. The monoisotopic (exact) mass is 233 g/mol. The summed E-state index contributed by atoms with van der Waals surface area (Å²) < 4.78 is 0. The molecule has 1 amide bonds. The van der Waals surface area contributed by atoms with E-state index in [1.807, 2.05) is 0 Å². The van der Waals surface area contributed by atoms with Gasteiger partial charge in [0.1, 0.15) is 13.9 Å². The fourth-order valence-electron chi connectivity index (χ4n) is 0.912. The third-order valence-electron chi connectivity index (χ3n) is 1.51. The fourth-order valence-corrected chi connectivity index (χ4v) is 1.40. The molecule has 0 aliphatic heterocycles. The van der Waals surface area contributed by atoms with Gasteiger partial charge in [0, 0.05) is 13.1 Å². The summed E-state index contributed by atoms with van der Waals surface area (Å²) in [7, 11) is -1.42. The van der Waals surface area contributed by atoms with Crippen LogP contribution in [0, 0.1) is 11.5 Å². The summed E-state index contributed by atoms with van der Waals surface area (Å²) in [4.78, 5) is 19.0. The highest BCUT2D eigenvalue weighted by atomic mass is 28.3. The lowest BCUT2D eigenvalue weighted by molar-refractivity contribution is -0.114. The fraction of sp³-hybridized carbons (Fsp3) is 0.364. The summed E-state index contributed by atoms with van der Waals surface area (Å²) in [5.74, 6) is 3.73. The Morgan fingerprint density at radius 2 is 2.12 bits per heavy atom. The topological polar surface area (TPSA) is 54.9 Å². The highest BCUT2D eigenvalue weighted by Crippen LogP contribution is 2.02. The van der Waals surface area contributed by atoms with Gasteiger partial charge in [0.05, 0.1) is 0 Å². The number of aromatic nitrogens is 2. The van der Waals surface area contributed by atoms with Crippen LogP contribution in [-0.4, -0.2) is 23.9 Å². The van der Waals surface area contributed by atoms with Crippen molar-refractivity contribution in [2.45, 2.75) is 26.6 Å². The first-order valence-corrected chi connectivity index (χ1v) is 8.51. The van der Waals surface area contributed by atoms with Gasteiger partial charge in [-0.25, -0.2) is 9.97 Å². The van der Waals surface area contributed by atoms with Gasteiger partial charge in [0.25, 0.3) is 0 Å². The van der Waals surface area contributed by atoms with Gasteiger partial charge in [-0.2, -0.15) is 0 Å². The molecule has 0 spiro atoms. The molecular formula is C11H15N3OSi. The van der Waals surface area contributed by atoms with Crippen LogP contribution in [0.1, 0.15) is 12.7 Å². The molecule has 16 heavy (non-hydrogen) atoms. The second-order valence-corrected chi connectivity index (χ2v) is 9.20. The Balaban J connectivity index is 2.89. The largest absolute Gasteiger partial charge is 0.311 e. The molecule has 1 rings (SSSR count). The van der Waals surface area contributed by atoms with Crippen molar-refractivity contribution in [3.8, 4) is 11.5 Å². The Morgan fingerprint density at radius 1 is 1.44 bits per heavy atom. The number of nitrogens with zero attached hydrogens (tertiary/aromatic N) is 2. The van der Waals surface area contributed by atoms with Gasteiger partial charge in [-0.1, -0.05) is 19.6 Å². The van der Waals surface area contributed by atoms with Crippen LogP contribution in [0.3, 0.4) is 0 Å². The molecule has 1 N–H and O–H groups in total. The van der Waals surface area contributed by atoms with E-state index in [-0.39, 0.29) is 5.91 Å². The van der Waals surface area contributed by atoms with E-state index >= 15 is 0 Å². The molecule has 1 heterocycles. The summed E-state index contributed by atoms with van der Waals surface area (Å²) in [6.45, 7) is 7.89. The molecule has 0 saturated carbocycles. The zero-order valence-corrected chi connectivity index (χ0v) is 11.0. The Morgan fingerprint density at radius 3 is 2.69 bits per heavy atom. The van der Waals surface area contributed by atoms with Crippen LogP contribution >= 0.6 is 0 Å². The van der Waals surface area contributed by atoms with Crippen molar-refractivity contribution in [1.29, 1.82) is 0 Å². The average molecular weight is 233 g/mol. The minimum atomic E-state index is -1.42. The molecule has 0 aliphatic rings. The van der Waals surface area contributed by atoms with Gasteiger partial charge in [0.2, 0.25) is 11.7 Å². The number of rotatable bonds is 1. The predicted octanol–water partition coefficient (Wildman–Crippen LogP) is 1.66. The normalized spacial score (nSPS) is 10.2. The van der Waals surface area contributed by atoms with Crippen molar-refractivity contribution in [2.24, 2.45) is 0 Å². The lowest BCUT2D eigenvalue weighted by atomic mass is 10.5. The van der Waals surface area contributed by atoms with E-state index in [0.29, 0.717) is 11.6 Å². The molecule has 0 unspecified atom stereocenters. The van der Waals surface area contributed by atoms with E-state index < -0.39 is 8.07 Å². The third-order valence-corrected chi connectivity index (χ3v) is 2.38. The maximum Gasteiger partial charge on any atom is 0.222 e. The van der Waals surface area contributed by atoms with Crippen LogP contribution in [0.25, 0.3) is 0 Å². The molecule has 4 nitrogen and oxygen atoms in total. The number of carbonyl (C=O) groups excluding carboxylic acids is 1. The first-order chi connectivity index (χ1) is 7.37. The standard InChI is InChI=1S/C11H15N3OSi/c1-9(15)13-11-5-7-12-10(14-11)6-8-16(2,3)4/h5,7H,1-4H3,(H,12,13,14,15). The zero-order chi connectivity index (χ0) is 12.2. The predicted molar refractivity (Wildman–Crippen MR) is 66.6 cm³/mol. The highest BCUT2D eigenvalue weighted by Gasteiger charge is 2.08. The van der Waals surface area contributed by atoms with Gasteiger partial charge < -0.3 is 5.32 Å². The summed E-state index contributed by atoms with van der Waals surface area (Å²) in [6.07, 6.45) is 1.59. The second-order valence-electron chi connectivity index (χ2n) is 4.45. The van der Waals surface area contributed by atoms with Crippen molar-refractivity contribution in [3.05, 3.63) is 18.1 Å². The van der Waals surface area contributed by atoms with Crippen LogP contribution in [0.5, 0.6) is 0 Å².